The SMILES string of the molecule is CC(C)(C)c1ccc(C(=O)Nc2cncc(S(C)(=O)=O)c2)c(Oc2cccc(C(F)(F)F)n2)c1. The number of sulfone groups is 1. The summed E-state index contributed by atoms with van der Waals surface area (Å²) < 4.78 is 68.4. The Bertz CT molecular complexity index is 1330. The minimum atomic E-state index is -4.66. The molecule has 2 aromatic heterocycles. The summed E-state index contributed by atoms with van der Waals surface area (Å²) in [4.78, 5) is 20.2. The van der Waals surface area contributed by atoms with Crippen LogP contribution in [0.3, 0.4) is 0 Å². The monoisotopic (exact) mass is 493 g/mol. The molecule has 0 aliphatic rings. The van der Waals surface area contributed by atoms with Gasteiger partial charge in [0.1, 0.15) is 11.4 Å². The number of hydrogen-bond donors (Lipinski definition) is 1. The zero-order chi connectivity index (χ0) is 25.3. The van der Waals surface area contributed by atoms with Gasteiger partial charge in [0, 0.05) is 18.5 Å². The van der Waals surface area contributed by atoms with E-state index in [0.29, 0.717) is 0 Å². The van der Waals surface area contributed by atoms with Crippen LogP contribution in [0.4, 0.5) is 18.9 Å². The lowest BCUT2D eigenvalue weighted by molar-refractivity contribution is -0.141. The molecule has 1 aromatic carbocycles. The van der Waals surface area contributed by atoms with Crippen molar-refractivity contribution in [1.82, 2.24) is 9.97 Å². The number of carbonyl (C=O) groups excluding carboxylic acids is 1. The Balaban J connectivity index is 2.00. The van der Waals surface area contributed by atoms with Gasteiger partial charge in [-0.3, -0.25) is 9.78 Å². The minimum absolute atomic E-state index is 0.0102. The zero-order valence-electron chi connectivity index (χ0n) is 18.8. The number of halogens is 3. The minimum Gasteiger partial charge on any atom is -0.438 e. The van der Waals surface area contributed by atoms with Crippen LogP contribution in [-0.4, -0.2) is 30.5 Å². The first-order chi connectivity index (χ1) is 15.6. The van der Waals surface area contributed by atoms with Gasteiger partial charge in [0.05, 0.1) is 22.3 Å². The van der Waals surface area contributed by atoms with Crippen molar-refractivity contribution in [1.29, 1.82) is 0 Å². The standard InChI is InChI=1S/C23H22F3N3O4S/c1-22(2,3)14-8-9-17(21(30)28-15-11-16(13-27-12-15)34(4,31)32)18(10-14)33-20-7-5-6-19(29-20)23(24,25)26/h5-13H,1-4H3,(H,28,30). The molecule has 2 heterocycles. The number of nitrogens with one attached hydrogen (secondary N) is 1. The van der Waals surface area contributed by atoms with Crippen molar-refractivity contribution in [2.75, 3.05) is 11.6 Å². The van der Waals surface area contributed by atoms with Gasteiger partial charge in [-0.1, -0.05) is 32.9 Å². The third kappa shape index (κ3) is 6.10. The summed E-state index contributed by atoms with van der Waals surface area (Å²) in [6, 6.07) is 9.20. The van der Waals surface area contributed by atoms with E-state index in [1.807, 2.05) is 20.8 Å². The summed E-state index contributed by atoms with van der Waals surface area (Å²) in [7, 11) is -3.55. The van der Waals surface area contributed by atoms with E-state index in [1.165, 1.54) is 24.4 Å². The van der Waals surface area contributed by atoms with Crippen LogP contribution >= 0.6 is 0 Å². The molecule has 0 aliphatic heterocycles. The smallest absolute Gasteiger partial charge is 0.433 e. The van der Waals surface area contributed by atoms with Gasteiger partial charge >= 0.3 is 6.18 Å². The maximum Gasteiger partial charge on any atom is 0.433 e. The number of hydrogen-bond acceptors (Lipinski definition) is 6. The molecule has 3 rings (SSSR count). The number of pyridine rings is 2. The van der Waals surface area contributed by atoms with Crippen LogP contribution in [0.5, 0.6) is 11.6 Å². The van der Waals surface area contributed by atoms with Gasteiger partial charge < -0.3 is 10.1 Å². The third-order valence-corrected chi connectivity index (χ3v) is 5.80. The highest BCUT2D eigenvalue weighted by molar-refractivity contribution is 7.90. The Morgan fingerprint density at radius 2 is 1.74 bits per heavy atom. The van der Waals surface area contributed by atoms with Crippen LogP contribution < -0.4 is 10.1 Å². The molecule has 1 amide bonds. The Hall–Kier alpha value is -3.47. The highest BCUT2D eigenvalue weighted by atomic mass is 32.2. The molecule has 180 valence electrons. The molecule has 1 N–H and O–H groups in total. The first-order valence-corrected chi connectivity index (χ1v) is 11.9. The number of aromatic nitrogens is 2. The lowest BCUT2D eigenvalue weighted by atomic mass is 9.86. The Kier molecular flexibility index (Phi) is 6.70. The topological polar surface area (TPSA) is 98.2 Å². The van der Waals surface area contributed by atoms with Crippen LogP contribution in [0.15, 0.2) is 59.8 Å². The van der Waals surface area contributed by atoms with E-state index in [2.05, 4.69) is 15.3 Å². The number of nitrogens with zero attached hydrogens (tertiary/aromatic N) is 2. The number of amides is 1. The number of alkyl halides is 3. The molecule has 0 saturated heterocycles. The van der Waals surface area contributed by atoms with Crippen LogP contribution in [0.2, 0.25) is 0 Å². The van der Waals surface area contributed by atoms with Crippen LogP contribution in [0.25, 0.3) is 0 Å². The van der Waals surface area contributed by atoms with Crippen molar-refractivity contribution in [2.45, 2.75) is 37.3 Å². The largest absolute Gasteiger partial charge is 0.438 e. The van der Waals surface area contributed by atoms with E-state index in [0.717, 1.165) is 30.1 Å². The molecule has 7 nitrogen and oxygen atoms in total. The van der Waals surface area contributed by atoms with Gasteiger partial charge in [-0.15, -0.1) is 0 Å². The molecule has 0 radical (unpaired) electrons. The summed E-state index contributed by atoms with van der Waals surface area (Å²) in [5.41, 5.74) is -0.575. The van der Waals surface area contributed by atoms with Crippen LogP contribution in [0, 0.1) is 0 Å². The highest BCUT2D eigenvalue weighted by Gasteiger charge is 2.33. The second-order valence-corrected chi connectivity index (χ2v) is 10.6. The van der Waals surface area contributed by atoms with E-state index in [4.69, 9.17) is 4.74 Å². The van der Waals surface area contributed by atoms with Gasteiger partial charge in [0.2, 0.25) is 5.88 Å². The van der Waals surface area contributed by atoms with Gasteiger partial charge in [0.15, 0.2) is 9.84 Å². The molecule has 0 saturated carbocycles. The third-order valence-electron chi connectivity index (χ3n) is 4.72. The van der Waals surface area contributed by atoms with Crippen LogP contribution in [0.1, 0.15) is 42.4 Å². The molecule has 34 heavy (non-hydrogen) atoms. The molecular weight excluding hydrogens is 471 g/mol. The molecule has 11 heteroatoms. The number of anilines is 1. The fraction of sp³-hybridized carbons (Fsp3) is 0.261. The van der Waals surface area contributed by atoms with Gasteiger partial charge in [-0.05, 0) is 35.2 Å². The molecule has 0 fully saturated rings. The summed E-state index contributed by atoms with van der Waals surface area (Å²) in [5.74, 6) is -1.02. The average molecular weight is 494 g/mol. The van der Waals surface area contributed by atoms with Crippen molar-refractivity contribution >= 4 is 21.4 Å². The number of carbonyl (C=O) groups is 1. The van der Waals surface area contributed by atoms with E-state index in [9.17, 15) is 26.4 Å². The lowest BCUT2D eigenvalue weighted by Gasteiger charge is -2.21. The summed E-state index contributed by atoms with van der Waals surface area (Å²) >= 11 is 0. The first kappa shape index (κ1) is 25.2. The lowest BCUT2D eigenvalue weighted by Crippen LogP contribution is -2.16. The second-order valence-electron chi connectivity index (χ2n) is 8.56. The van der Waals surface area contributed by atoms with Gasteiger partial charge in [0.25, 0.3) is 5.91 Å². The molecule has 0 atom stereocenters. The molecule has 3 aromatic rings. The Labute approximate surface area is 194 Å². The Morgan fingerprint density at radius 1 is 1.03 bits per heavy atom. The molecule has 0 spiro atoms. The van der Waals surface area contributed by atoms with Crippen molar-refractivity contribution < 1.29 is 31.1 Å². The quantitative estimate of drug-likeness (QED) is 0.522. The summed E-state index contributed by atoms with van der Waals surface area (Å²) in [6.07, 6.45) is -1.23. The zero-order valence-corrected chi connectivity index (χ0v) is 19.6. The summed E-state index contributed by atoms with van der Waals surface area (Å²) in [5, 5.41) is 2.54. The van der Waals surface area contributed by atoms with Crippen molar-refractivity contribution in [3.63, 3.8) is 0 Å². The average Bonchev–Trinajstić information content (AvgIpc) is 2.72. The number of benzene rings is 1. The Morgan fingerprint density at radius 3 is 2.35 bits per heavy atom. The maximum absolute atomic E-state index is 13.1. The van der Waals surface area contributed by atoms with Gasteiger partial charge in [-0.2, -0.15) is 13.2 Å². The molecule has 0 unspecified atom stereocenters. The van der Waals surface area contributed by atoms with E-state index in [1.54, 1.807) is 12.1 Å². The maximum atomic E-state index is 13.1. The fourth-order valence-corrected chi connectivity index (χ4v) is 3.48. The highest BCUT2D eigenvalue weighted by Crippen LogP contribution is 2.33. The number of rotatable bonds is 5. The van der Waals surface area contributed by atoms with E-state index in [-0.39, 0.29) is 33.2 Å². The first-order valence-electron chi connectivity index (χ1n) is 9.98. The summed E-state index contributed by atoms with van der Waals surface area (Å²) in [6.45, 7) is 5.78. The molecular formula is C23H22F3N3O4S. The van der Waals surface area contributed by atoms with E-state index >= 15 is 0 Å². The van der Waals surface area contributed by atoms with Crippen molar-refractivity contribution in [3.05, 3.63) is 71.7 Å². The van der Waals surface area contributed by atoms with Crippen molar-refractivity contribution in [2.24, 2.45) is 0 Å². The molecule has 0 aliphatic carbocycles. The second kappa shape index (κ2) is 9.05. The van der Waals surface area contributed by atoms with Gasteiger partial charge in [-0.25, -0.2) is 13.4 Å². The van der Waals surface area contributed by atoms with Crippen molar-refractivity contribution in [3.8, 4) is 11.6 Å². The van der Waals surface area contributed by atoms with Crippen LogP contribution in [-0.2, 0) is 21.4 Å². The normalized spacial score (nSPS) is 12.3. The van der Waals surface area contributed by atoms with E-state index < -0.39 is 27.6 Å². The number of ether oxygens (including phenoxy) is 1. The predicted molar refractivity (Wildman–Crippen MR) is 120 cm³/mol. The fourth-order valence-electron chi connectivity index (χ4n) is 2.89. The predicted octanol–water partition coefficient (Wildman–Crippen LogP) is 5.24. The molecule has 0 bridgehead atoms.